The van der Waals surface area contributed by atoms with Crippen LogP contribution in [0.25, 0.3) is 5.82 Å². The standard InChI is InChI=1S/C18H11Br3ClN5O3/c19-9-6-10(17(29)24-4-5-28)15(11(20)7-9)25-18(30)13-8-14(21)26-27(13)16-12(22)2-1-3-23-16/h1-3,5-8H,4H2,(H,24,29)(H,25,30). The maximum Gasteiger partial charge on any atom is 0.274 e. The lowest BCUT2D eigenvalue weighted by Gasteiger charge is -2.14. The molecule has 3 aromatic rings. The Labute approximate surface area is 200 Å². The minimum Gasteiger partial charge on any atom is -0.345 e. The number of carbonyl (C=O) groups is 3. The van der Waals surface area contributed by atoms with Crippen LogP contribution in [0, 0.1) is 0 Å². The van der Waals surface area contributed by atoms with Crippen molar-refractivity contribution in [3.05, 3.63) is 66.4 Å². The first-order chi connectivity index (χ1) is 14.3. The lowest BCUT2D eigenvalue weighted by atomic mass is 10.1. The molecular formula is C18H11Br3ClN5O3. The Morgan fingerprint density at radius 2 is 1.93 bits per heavy atom. The summed E-state index contributed by atoms with van der Waals surface area (Å²) in [6, 6.07) is 7.99. The maximum atomic E-state index is 13.1. The van der Waals surface area contributed by atoms with Gasteiger partial charge in [-0.05, 0) is 56.1 Å². The van der Waals surface area contributed by atoms with Crippen molar-refractivity contribution in [2.24, 2.45) is 0 Å². The van der Waals surface area contributed by atoms with Crippen LogP contribution in [0.3, 0.4) is 0 Å². The SMILES string of the molecule is O=CCNC(=O)c1cc(Br)cc(Br)c1NC(=O)c1cc(Br)nn1-c1ncccc1Cl. The van der Waals surface area contributed by atoms with E-state index in [4.69, 9.17) is 11.6 Å². The summed E-state index contributed by atoms with van der Waals surface area (Å²) in [7, 11) is 0. The third-order valence-corrected chi connectivity index (χ3v) is 5.50. The second-order valence-corrected chi connectivity index (χ2v) is 8.70. The number of rotatable bonds is 6. The van der Waals surface area contributed by atoms with E-state index in [1.807, 2.05) is 0 Å². The van der Waals surface area contributed by atoms with Crippen molar-refractivity contribution < 1.29 is 14.4 Å². The number of aldehydes is 1. The molecule has 3 rings (SSSR count). The molecule has 8 nitrogen and oxygen atoms in total. The molecule has 0 atom stereocenters. The van der Waals surface area contributed by atoms with E-state index < -0.39 is 11.8 Å². The van der Waals surface area contributed by atoms with Gasteiger partial charge in [0.05, 0.1) is 22.8 Å². The van der Waals surface area contributed by atoms with E-state index in [1.165, 1.54) is 23.0 Å². The highest BCUT2D eigenvalue weighted by atomic mass is 79.9. The molecule has 0 aliphatic carbocycles. The lowest BCUT2D eigenvalue weighted by Crippen LogP contribution is -2.27. The van der Waals surface area contributed by atoms with E-state index >= 15 is 0 Å². The van der Waals surface area contributed by atoms with Gasteiger partial charge in [0.2, 0.25) is 0 Å². The molecule has 0 unspecified atom stereocenters. The number of nitrogens with one attached hydrogen (secondary N) is 2. The summed E-state index contributed by atoms with van der Waals surface area (Å²) in [5.74, 6) is -0.807. The van der Waals surface area contributed by atoms with Crippen molar-refractivity contribution in [3.63, 3.8) is 0 Å². The van der Waals surface area contributed by atoms with Crippen LogP contribution in [0.15, 0.2) is 50.1 Å². The van der Waals surface area contributed by atoms with Crippen LogP contribution in [-0.2, 0) is 4.79 Å². The molecule has 2 amide bonds. The molecular weight excluding hydrogens is 609 g/mol. The first-order valence-electron chi connectivity index (χ1n) is 8.20. The smallest absolute Gasteiger partial charge is 0.274 e. The average molecular weight is 620 g/mol. The summed E-state index contributed by atoms with van der Waals surface area (Å²) in [6.45, 7) is -0.158. The van der Waals surface area contributed by atoms with Gasteiger partial charge in [-0.1, -0.05) is 27.5 Å². The Hall–Kier alpha value is -2.08. The van der Waals surface area contributed by atoms with E-state index in [0.717, 1.165) is 0 Å². The molecule has 0 aliphatic heterocycles. The van der Waals surface area contributed by atoms with E-state index in [0.29, 0.717) is 24.9 Å². The zero-order valence-electron chi connectivity index (χ0n) is 14.8. The van der Waals surface area contributed by atoms with Crippen molar-refractivity contribution in [2.75, 3.05) is 11.9 Å². The Kier molecular flexibility index (Phi) is 7.40. The predicted molar refractivity (Wildman–Crippen MR) is 122 cm³/mol. The summed E-state index contributed by atoms with van der Waals surface area (Å²) in [6.07, 6.45) is 2.09. The number of halogens is 4. The minimum absolute atomic E-state index is 0.136. The fourth-order valence-electron chi connectivity index (χ4n) is 2.50. The summed E-state index contributed by atoms with van der Waals surface area (Å²) in [5.41, 5.74) is 0.520. The highest BCUT2D eigenvalue weighted by Crippen LogP contribution is 2.32. The second-order valence-electron chi connectivity index (χ2n) is 5.71. The third kappa shape index (κ3) is 4.97. The molecule has 12 heteroatoms. The van der Waals surface area contributed by atoms with E-state index in [-0.39, 0.29) is 29.3 Å². The van der Waals surface area contributed by atoms with Gasteiger partial charge in [0, 0.05) is 21.2 Å². The molecule has 0 aliphatic rings. The van der Waals surface area contributed by atoms with E-state index in [1.54, 1.807) is 18.2 Å². The zero-order chi connectivity index (χ0) is 21.8. The van der Waals surface area contributed by atoms with Gasteiger partial charge in [0.25, 0.3) is 11.8 Å². The van der Waals surface area contributed by atoms with Crippen LogP contribution >= 0.6 is 59.4 Å². The monoisotopic (exact) mass is 617 g/mol. The number of pyridine rings is 1. The van der Waals surface area contributed by atoms with Gasteiger partial charge in [-0.3, -0.25) is 9.59 Å². The molecule has 0 spiro atoms. The molecule has 0 radical (unpaired) electrons. The second kappa shape index (κ2) is 9.82. The van der Waals surface area contributed by atoms with Gasteiger partial charge in [-0.25, -0.2) is 9.67 Å². The normalized spacial score (nSPS) is 10.5. The first kappa shape index (κ1) is 22.6. The number of hydrogen-bond donors (Lipinski definition) is 2. The van der Waals surface area contributed by atoms with Crippen LogP contribution in [0.5, 0.6) is 0 Å². The molecule has 2 N–H and O–H groups in total. The number of aromatic nitrogens is 3. The summed E-state index contributed by atoms with van der Waals surface area (Å²) in [5, 5.41) is 9.70. The van der Waals surface area contributed by atoms with Gasteiger partial charge in [0.1, 0.15) is 16.6 Å². The van der Waals surface area contributed by atoms with E-state index in [2.05, 4.69) is 68.5 Å². The molecule has 0 saturated heterocycles. The van der Waals surface area contributed by atoms with Crippen LogP contribution in [-0.4, -0.2) is 39.4 Å². The molecule has 2 aromatic heterocycles. The van der Waals surface area contributed by atoms with Crippen LogP contribution in [0.1, 0.15) is 20.8 Å². The fourth-order valence-corrected chi connectivity index (χ4v) is 4.40. The largest absolute Gasteiger partial charge is 0.345 e. The van der Waals surface area contributed by atoms with Crippen molar-refractivity contribution in [2.45, 2.75) is 0 Å². The fraction of sp³-hybridized carbons (Fsp3) is 0.0556. The lowest BCUT2D eigenvalue weighted by molar-refractivity contribution is -0.107. The van der Waals surface area contributed by atoms with Crippen molar-refractivity contribution in [1.29, 1.82) is 0 Å². The highest BCUT2D eigenvalue weighted by molar-refractivity contribution is 9.11. The van der Waals surface area contributed by atoms with Gasteiger partial charge in [-0.2, -0.15) is 5.10 Å². The third-order valence-electron chi connectivity index (χ3n) is 3.74. The average Bonchev–Trinajstić information content (AvgIpc) is 3.09. The molecule has 0 saturated carbocycles. The summed E-state index contributed by atoms with van der Waals surface area (Å²) < 4.78 is 2.76. The molecule has 2 heterocycles. The van der Waals surface area contributed by atoms with Gasteiger partial charge < -0.3 is 15.4 Å². The number of benzene rings is 1. The Balaban J connectivity index is 2.01. The highest BCUT2D eigenvalue weighted by Gasteiger charge is 2.22. The molecule has 0 bridgehead atoms. The van der Waals surface area contributed by atoms with E-state index in [9.17, 15) is 14.4 Å². The number of nitrogens with zero attached hydrogens (tertiary/aromatic N) is 3. The van der Waals surface area contributed by atoms with Crippen LogP contribution in [0.4, 0.5) is 5.69 Å². The Morgan fingerprint density at radius 1 is 1.17 bits per heavy atom. The van der Waals surface area contributed by atoms with Gasteiger partial charge in [0.15, 0.2) is 5.82 Å². The number of hydrogen-bond acceptors (Lipinski definition) is 5. The maximum absolute atomic E-state index is 13.1. The van der Waals surface area contributed by atoms with Crippen LogP contribution in [0.2, 0.25) is 5.02 Å². The van der Waals surface area contributed by atoms with Gasteiger partial charge in [-0.15, -0.1) is 0 Å². The number of amides is 2. The van der Waals surface area contributed by atoms with Crippen LogP contribution < -0.4 is 10.6 Å². The number of anilines is 1. The molecule has 0 fully saturated rings. The van der Waals surface area contributed by atoms with Gasteiger partial charge >= 0.3 is 0 Å². The quantitative estimate of drug-likeness (QED) is 0.398. The zero-order valence-corrected chi connectivity index (χ0v) is 20.3. The predicted octanol–water partition coefficient (Wildman–Crippen LogP) is 4.39. The molecule has 30 heavy (non-hydrogen) atoms. The molecule has 154 valence electrons. The first-order valence-corrected chi connectivity index (χ1v) is 11.0. The van der Waals surface area contributed by atoms with Crippen molar-refractivity contribution >= 4 is 83.2 Å². The topological polar surface area (TPSA) is 106 Å². The summed E-state index contributed by atoms with van der Waals surface area (Å²) >= 11 is 16.1. The van der Waals surface area contributed by atoms with Crippen molar-refractivity contribution in [3.8, 4) is 5.82 Å². The Bertz CT molecular complexity index is 1150. The van der Waals surface area contributed by atoms with Crippen molar-refractivity contribution in [1.82, 2.24) is 20.1 Å². The Morgan fingerprint density at radius 3 is 2.63 bits per heavy atom. The number of carbonyl (C=O) groups excluding carboxylic acids is 3. The summed E-state index contributed by atoms with van der Waals surface area (Å²) in [4.78, 5) is 40.3. The minimum atomic E-state index is -0.553. The molecule has 1 aromatic carbocycles.